The number of thioether (sulfide) groups is 1. The van der Waals surface area contributed by atoms with Crippen molar-refractivity contribution in [2.45, 2.75) is 32.7 Å². The molecule has 0 aliphatic carbocycles. The molecule has 0 spiro atoms. The van der Waals surface area contributed by atoms with Gasteiger partial charge >= 0.3 is 0 Å². The van der Waals surface area contributed by atoms with Crippen LogP contribution in [0.5, 0.6) is 0 Å². The average molecular weight is 253 g/mol. The van der Waals surface area contributed by atoms with E-state index in [4.69, 9.17) is 0 Å². The SMILES string of the molecule is Cn1ccnc1CCNC1CSCCC1(C)C. The fraction of sp³-hybridized carbons (Fsp3) is 0.769. The molecule has 1 fully saturated rings. The minimum atomic E-state index is 0.437. The number of aromatic nitrogens is 2. The van der Waals surface area contributed by atoms with Gasteiger partial charge in [-0.05, 0) is 17.6 Å². The van der Waals surface area contributed by atoms with Crippen molar-refractivity contribution in [2.24, 2.45) is 12.5 Å². The maximum atomic E-state index is 4.35. The molecule has 0 bridgehead atoms. The molecular formula is C13H23N3S. The first-order chi connectivity index (χ1) is 8.09. The molecule has 2 rings (SSSR count). The van der Waals surface area contributed by atoms with Gasteiger partial charge in [-0.25, -0.2) is 4.98 Å². The van der Waals surface area contributed by atoms with Crippen LogP contribution in [-0.4, -0.2) is 33.6 Å². The van der Waals surface area contributed by atoms with Crippen molar-refractivity contribution in [2.75, 3.05) is 18.1 Å². The second-order valence-corrected chi connectivity index (χ2v) is 6.67. The third-order valence-electron chi connectivity index (χ3n) is 3.78. The van der Waals surface area contributed by atoms with Gasteiger partial charge in [0.1, 0.15) is 5.82 Å². The number of imidazole rings is 1. The third-order valence-corrected chi connectivity index (χ3v) is 4.84. The molecule has 1 unspecified atom stereocenters. The van der Waals surface area contributed by atoms with Crippen LogP contribution in [0.4, 0.5) is 0 Å². The van der Waals surface area contributed by atoms with Gasteiger partial charge in [0.15, 0.2) is 0 Å². The molecule has 1 atom stereocenters. The summed E-state index contributed by atoms with van der Waals surface area (Å²) in [5.74, 6) is 3.72. The molecule has 0 radical (unpaired) electrons. The predicted octanol–water partition coefficient (Wildman–Crippen LogP) is 2.08. The van der Waals surface area contributed by atoms with Crippen molar-refractivity contribution < 1.29 is 0 Å². The van der Waals surface area contributed by atoms with E-state index < -0.39 is 0 Å². The lowest BCUT2D eigenvalue weighted by molar-refractivity contribution is 0.247. The molecule has 2 heterocycles. The first kappa shape index (κ1) is 13.0. The summed E-state index contributed by atoms with van der Waals surface area (Å²) in [7, 11) is 2.06. The molecule has 0 amide bonds. The van der Waals surface area contributed by atoms with Gasteiger partial charge in [0, 0.05) is 44.2 Å². The molecule has 96 valence electrons. The van der Waals surface area contributed by atoms with E-state index in [1.54, 1.807) is 0 Å². The summed E-state index contributed by atoms with van der Waals surface area (Å²) < 4.78 is 2.10. The monoisotopic (exact) mass is 253 g/mol. The van der Waals surface area contributed by atoms with Crippen molar-refractivity contribution in [1.82, 2.24) is 14.9 Å². The lowest BCUT2D eigenvalue weighted by Gasteiger charge is -2.38. The van der Waals surface area contributed by atoms with Gasteiger partial charge in [0.2, 0.25) is 0 Å². The number of nitrogens with one attached hydrogen (secondary N) is 1. The molecule has 0 aromatic carbocycles. The number of nitrogens with zero attached hydrogens (tertiary/aromatic N) is 2. The summed E-state index contributed by atoms with van der Waals surface area (Å²) in [6.45, 7) is 5.79. The third kappa shape index (κ3) is 3.26. The molecular weight excluding hydrogens is 230 g/mol. The van der Waals surface area contributed by atoms with Gasteiger partial charge in [0.05, 0.1) is 0 Å². The molecule has 17 heavy (non-hydrogen) atoms. The quantitative estimate of drug-likeness (QED) is 0.891. The fourth-order valence-electron chi connectivity index (χ4n) is 2.27. The van der Waals surface area contributed by atoms with Crippen LogP contribution >= 0.6 is 11.8 Å². The van der Waals surface area contributed by atoms with Crippen LogP contribution < -0.4 is 5.32 Å². The van der Waals surface area contributed by atoms with Crippen LogP contribution in [0.2, 0.25) is 0 Å². The highest BCUT2D eigenvalue weighted by molar-refractivity contribution is 7.99. The van der Waals surface area contributed by atoms with E-state index in [0.717, 1.165) is 13.0 Å². The zero-order chi connectivity index (χ0) is 12.3. The summed E-state index contributed by atoms with van der Waals surface area (Å²) >= 11 is 2.07. The Morgan fingerprint density at radius 1 is 1.59 bits per heavy atom. The molecule has 1 aliphatic heterocycles. The van der Waals surface area contributed by atoms with Crippen LogP contribution in [0.1, 0.15) is 26.1 Å². The topological polar surface area (TPSA) is 29.9 Å². The molecule has 1 aromatic heterocycles. The van der Waals surface area contributed by atoms with Crippen molar-refractivity contribution in [3.05, 3.63) is 18.2 Å². The van der Waals surface area contributed by atoms with E-state index in [9.17, 15) is 0 Å². The Hall–Kier alpha value is -0.480. The second-order valence-electron chi connectivity index (χ2n) is 5.52. The Morgan fingerprint density at radius 3 is 3.06 bits per heavy atom. The largest absolute Gasteiger partial charge is 0.338 e. The normalized spacial score (nSPS) is 23.8. The van der Waals surface area contributed by atoms with Crippen molar-refractivity contribution in [3.8, 4) is 0 Å². The number of aryl methyl sites for hydroxylation is 1. The lowest BCUT2D eigenvalue weighted by Crippen LogP contribution is -2.47. The Kier molecular flexibility index (Phi) is 4.15. The average Bonchev–Trinajstić information content (AvgIpc) is 2.67. The van der Waals surface area contributed by atoms with Crippen molar-refractivity contribution in [1.29, 1.82) is 0 Å². The maximum absolute atomic E-state index is 4.35. The molecule has 0 saturated carbocycles. The number of rotatable bonds is 4. The Morgan fingerprint density at radius 2 is 2.41 bits per heavy atom. The minimum Gasteiger partial charge on any atom is -0.338 e. The van der Waals surface area contributed by atoms with Crippen molar-refractivity contribution in [3.63, 3.8) is 0 Å². The van der Waals surface area contributed by atoms with E-state index in [-0.39, 0.29) is 0 Å². The van der Waals surface area contributed by atoms with E-state index in [2.05, 4.69) is 47.5 Å². The van der Waals surface area contributed by atoms with Gasteiger partial charge in [-0.15, -0.1) is 0 Å². The molecule has 3 nitrogen and oxygen atoms in total. The highest BCUT2D eigenvalue weighted by Crippen LogP contribution is 2.33. The Bertz CT molecular complexity index is 359. The van der Waals surface area contributed by atoms with Gasteiger partial charge in [-0.3, -0.25) is 0 Å². The molecule has 1 aliphatic rings. The molecule has 1 N–H and O–H groups in total. The van der Waals surface area contributed by atoms with Crippen molar-refractivity contribution >= 4 is 11.8 Å². The summed E-state index contributed by atoms with van der Waals surface area (Å²) in [5, 5.41) is 3.70. The Balaban J connectivity index is 1.80. The first-order valence-electron chi connectivity index (χ1n) is 6.37. The van der Waals surface area contributed by atoms with Crippen LogP contribution in [0.25, 0.3) is 0 Å². The molecule has 1 saturated heterocycles. The van der Waals surface area contributed by atoms with Crippen LogP contribution in [0.3, 0.4) is 0 Å². The first-order valence-corrected chi connectivity index (χ1v) is 7.52. The van der Waals surface area contributed by atoms with E-state index in [1.165, 1.54) is 23.8 Å². The van der Waals surface area contributed by atoms with Gasteiger partial charge in [-0.2, -0.15) is 11.8 Å². The highest BCUT2D eigenvalue weighted by Gasteiger charge is 2.31. The summed E-state index contributed by atoms with van der Waals surface area (Å²) in [6.07, 6.45) is 6.21. The summed E-state index contributed by atoms with van der Waals surface area (Å²) in [5.41, 5.74) is 0.437. The van der Waals surface area contributed by atoms with Crippen LogP contribution in [-0.2, 0) is 13.5 Å². The summed E-state index contributed by atoms with van der Waals surface area (Å²) in [4.78, 5) is 4.35. The standard InChI is InChI=1S/C13H23N3S/c1-13(2)5-9-17-10-11(13)14-6-4-12-15-7-8-16(12)3/h7-8,11,14H,4-6,9-10H2,1-3H3. The summed E-state index contributed by atoms with van der Waals surface area (Å²) in [6, 6.07) is 0.640. The number of hydrogen-bond donors (Lipinski definition) is 1. The van der Waals surface area contributed by atoms with Gasteiger partial charge in [0.25, 0.3) is 0 Å². The lowest BCUT2D eigenvalue weighted by atomic mass is 9.82. The van der Waals surface area contributed by atoms with Gasteiger partial charge < -0.3 is 9.88 Å². The van der Waals surface area contributed by atoms with E-state index in [1.807, 2.05) is 12.4 Å². The smallest absolute Gasteiger partial charge is 0.109 e. The maximum Gasteiger partial charge on any atom is 0.109 e. The predicted molar refractivity (Wildman–Crippen MR) is 74.4 cm³/mol. The molecule has 1 aromatic rings. The minimum absolute atomic E-state index is 0.437. The van der Waals surface area contributed by atoms with Crippen LogP contribution in [0, 0.1) is 5.41 Å². The Labute approximate surface area is 108 Å². The number of hydrogen-bond acceptors (Lipinski definition) is 3. The van der Waals surface area contributed by atoms with Crippen LogP contribution in [0.15, 0.2) is 12.4 Å². The zero-order valence-electron chi connectivity index (χ0n) is 11.1. The second kappa shape index (κ2) is 5.44. The van der Waals surface area contributed by atoms with E-state index in [0.29, 0.717) is 11.5 Å². The van der Waals surface area contributed by atoms with Gasteiger partial charge in [-0.1, -0.05) is 13.8 Å². The van der Waals surface area contributed by atoms with E-state index >= 15 is 0 Å². The fourth-order valence-corrected chi connectivity index (χ4v) is 3.91. The molecule has 4 heteroatoms. The highest BCUT2D eigenvalue weighted by atomic mass is 32.2. The zero-order valence-corrected chi connectivity index (χ0v) is 11.9.